The van der Waals surface area contributed by atoms with Crippen LogP contribution in [0.5, 0.6) is 0 Å². The minimum absolute atomic E-state index is 0.0426. The molecule has 0 aromatic heterocycles. The van der Waals surface area contributed by atoms with Crippen molar-refractivity contribution in [2.24, 2.45) is 0 Å². The average Bonchev–Trinajstić information content (AvgIpc) is 3.17. The molecule has 152 valence electrons. The molecule has 0 radical (unpaired) electrons. The van der Waals surface area contributed by atoms with E-state index >= 15 is 0 Å². The zero-order valence-corrected chi connectivity index (χ0v) is 18.7. The molecule has 3 heterocycles. The monoisotopic (exact) mass is 487 g/mol. The minimum atomic E-state index is -3.61. The number of amides is 2. The van der Waals surface area contributed by atoms with Gasteiger partial charge in [-0.25, -0.2) is 8.42 Å². The molecule has 1 aromatic rings. The van der Waals surface area contributed by atoms with Gasteiger partial charge >= 0.3 is 0 Å². The number of thioether (sulfide) groups is 1. The van der Waals surface area contributed by atoms with Gasteiger partial charge in [-0.1, -0.05) is 12.1 Å². The molecule has 28 heavy (non-hydrogen) atoms. The summed E-state index contributed by atoms with van der Waals surface area (Å²) in [6, 6.07) is 6.31. The molecule has 4 rings (SSSR count). The molecule has 3 aliphatic rings. The molecule has 2 atom stereocenters. The van der Waals surface area contributed by atoms with Gasteiger partial charge in [0.15, 0.2) is 0 Å². The molecular formula is C18H22BrN3O4S2. The summed E-state index contributed by atoms with van der Waals surface area (Å²) in [7, 11) is -3.61. The number of fused-ring (bicyclic) bond motifs is 1. The second-order valence-corrected chi connectivity index (χ2v) is 11.7. The second kappa shape index (κ2) is 7.30. The van der Waals surface area contributed by atoms with Gasteiger partial charge in [-0.3, -0.25) is 9.59 Å². The Hall–Kier alpha value is -1.10. The molecule has 0 spiro atoms. The number of rotatable bonds is 3. The van der Waals surface area contributed by atoms with E-state index in [1.165, 1.54) is 4.31 Å². The number of sulfonamides is 1. The predicted octanol–water partition coefficient (Wildman–Crippen LogP) is 1.74. The third-order valence-corrected chi connectivity index (χ3v) is 10.2. The summed E-state index contributed by atoms with van der Waals surface area (Å²) in [4.78, 5) is 28.8. The molecule has 0 unspecified atom stereocenters. The predicted molar refractivity (Wildman–Crippen MR) is 110 cm³/mol. The van der Waals surface area contributed by atoms with E-state index in [2.05, 4.69) is 15.9 Å². The maximum Gasteiger partial charge on any atom is 0.246 e. The van der Waals surface area contributed by atoms with Crippen molar-refractivity contribution in [1.29, 1.82) is 0 Å². The lowest BCUT2D eigenvalue weighted by Gasteiger charge is -2.37. The SMILES string of the molecule is C[C@]12CCC(=O)N1[C@H](C(=O)N1CCN(S(=O)(=O)c3ccccc3Br)CC1)CS2. The molecule has 2 amide bonds. The molecule has 10 heteroatoms. The molecule has 7 nitrogen and oxygen atoms in total. The number of halogens is 1. The van der Waals surface area contributed by atoms with Crippen LogP contribution in [-0.4, -0.2) is 77.2 Å². The molecule has 0 N–H and O–H groups in total. The van der Waals surface area contributed by atoms with Gasteiger partial charge in [0.25, 0.3) is 0 Å². The number of benzene rings is 1. The van der Waals surface area contributed by atoms with Gasteiger partial charge in [0.1, 0.15) is 6.04 Å². The lowest BCUT2D eigenvalue weighted by molar-refractivity contribution is -0.144. The van der Waals surface area contributed by atoms with Crippen LogP contribution in [-0.2, 0) is 19.6 Å². The first-order valence-corrected chi connectivity index (χ1v) is 12.5. The van der Waals surface area contributed by atoms with Gasteiger partial charge in [-0.15, -0.1) is 11.8 Å². The summed E-state index contributed by atoms with van der Waals surface area (Å²) >= 11 is 4.97. The number of piperazine rings is 1. The highest BCUT2D eigenvalue weighted by Gasteiger charge is 2.53. The summed E-state index contributed by atoms with van der Waals surface area (Å²) in [5.41, 5.74) is 0. The van der Waals surface area contributed by atoms with Gasteiger partial charge in [0.2, 0.25) is 21.8 Å². The summed E-state index contributed by atoms with van der Waals surface area (Å²) in [6.07, 6.45) is 1.27. The quantitative estimate of drug-likeness (QED) is 0.648. The Morgan fingerprint density at radius 3 is 2.57 bits per heavy atom. The average molecular weight is 488 g/mol. The first-order valence-electron chi connectivity index (χ1n) is 9.24. The zero-order chi connectivity index (χ0) is 20.1. The van der Waals surface area contributed by atoms with Crippen molar-refractivity contribution in [3.63, 3.8) is 0 Å². The van der Waals surface area contributed by atoms with E-state index in [0.29, 0.717) is 29.7 Å². The van der Waals surface area contributed by atoms with Crippen molar-refractivity contribution in [3.8, 4) is 0 Å². The maximum atomic E-state index is 13.1. The van der Waals surface area contributed by atoms with Crippen LogP contribution in [0.2, 0.25) is 0 Å². The van der Waals surface area contributed by atoms with Crippen molar-refractivity contribution in [1.82, 2.24) is 14.1 Å². The van der Waals surface area contributed by atoms with Crippen molar-refractivity contribution in [2.75, 3.05) is 31.9 Å². The molecule has 3 fully saturated rings. The van der Waals surface area contributed by atoms with Gasteiger partial charge < -0.3 is 9.80 Å². The van der Waals surface area contributed by atoms with Gasteiger partial charge in [-0.05, 0) is 41.4 Å². The summed E-state index contributed by atoms with van der Waals surface area (Å²) in [5, 5.41) is 0. The van der Waals surface area contributed by atoms with Crippen LogP contribution in [0.1, 0.15) is 19.8 Å². The van der Waals surface area contributed by atoms with Gasteiger partial charge in [0.05, 0.1) is 9.77 Å². The Morgan fingerprint density at radius 1 is 1.21 bits per heavy atom. The highest BCUT2D eigenvalue weighted by molar-refractivity contribution is 9.10. The van der Waals surface area contributed by atoms with Crippen LogP contribution in [0.15, 0.2) is 33.6 Å². The molecule has 0 bridgehead atoms. The summed E-state index contributed by atoms with van der Waals surface area (Å²) in [6.45, 7) is 3.20. The Kier molecular flexibility index (Phi) is 5.26. The fourth-order valence-electron chi connectivity index (χ4n) is 4.16. The topological polar surface area (TPSA) is 78.0 Å². The van der Waals surface area contributed by atoms with Crippen molar-refractivity contribution in [2.45, 2.75) is 35.6 Å². The first kappa shape index (κ1) is 20.2. The normalized spacial score (nSPS) is 28.6. The van der Waals surface area contributed by atoms with Crippen molar-refractivity contribution >= 4 is 49.5 Å². The van der Waals surface area contributed by atoms with Crippen molar-refractivity contribution < 1.29 is 18.0 Å². The van der Waals surface area contributed by atoms with E-state index in [-0.39, 0.29) is 34.7 Å². The van der Waals surface area contributed by atoms with E-state index in [0.717, 1.165) is 6.42 Å². The highest BCUT2D eigenvalue weighted by atomic mass is 79.9. The van der Waals surface area contributed by atoms with E-state index in [9.17, 15) is 18.0 Å². The Morgan fingerprint density at radius 2 is 1.89 bits per heavy atom. The fraction of sp³-hybridized carbons (Fsp3) is 0.556. The Labute approximate surface area is 177 Å². The van der Waals surface area contributed by atoms with Gasteiger partial charge in [-0.2, -0.15) is 4.31 Å². The van der Waals surface area contributed by atoms with Crippen LogP contribution in [0, 0.1) is 0 Å². The second-order valence-electron chi connectivity index (χ2n) is 7.43. The summed E-state index contributed by atoms with van der Waals surface area (Å²) < 4.78 is 27.8. The molecular weight excluding hydrogens is 466 g/mol. The van der Waals surface area contributed by atoms with E-state index in [1.807, 2.05) is 6.92 Å². The fourth-order valence-corrected chi connectivity index (χ4v) is 7.96. The number of hydrogen-bond acceptors (Lipinski definition) is 5. The largest absolute Gasteiger partial charge is 0.338 e. The molecule has 0 aliphatic carbocycles. The number of carbonyl (C=O) groups is 2. The van der Waals surface area contributed by atoms with Crippen LogP contribution >= 0.6 is 27.7 Å². The van der Waals surface area contributed by atoms with E-state index in [4.69, 9.17) is 0 Å². The smallest absolute Gasteiger partial charge is 0.246 e. The van der Waals surface area contributed by atoms with Crippen LogP contribution < -0.4 is 0 Å². The van der Waals surface area contributed by atoms with Gasteiger partial charge in [0, 0.05) is 42.8 Å². The lowest BCUT2D eigenvalue weighted by Crippen LogP contribution is -2.56. The third-order valence-electron chi connectivity index (χ3n) is 5.73. The molecule has 1 aromatic carbocycles. The Balaban J connectivity index is 1.44. The van der Waals surface area contributed by atoms with E-state index in [1.54, 1.807) is 45.8 Å². The third kappa shape index (κ3) is 3.28. The minimum Gasteiger partial charge on any atom is -0.338 e. The lowest BCUT2D eigenvalue weighted by atomic mass is 10.2. The van der Waals surface area contributed by atoms with Crippen LogP contribution in [0.3, 0.4) is 0 Å². The first-order chi connectivity index (χ1) is 13.2. The zero-order valence-electron chi connectivity index (χ0n) is 15.5. The molecule has 0 saturated carbocycles. The van der Waals surface area contributed by atoms with Crippen molar-refractivity contribution in [3.05, 3.63) is 28.7 Å². The maximum absolute atomic E-state index is 13.1. The number of hydrogen-bond donors (Lipinski definition) is 0. The standard InChI is InChI=1S/C18H22BrN3O4S2/c1-18-7-6-16(23)22(18)14(12-27-18)17(24)20-8-10-21(11-9-20)28(25,26)15-5-3-2-4-13(15)19/h2-5,14H,6-12H2,1H3/t14-,18-/m0/s1. The number of carbonyl (C=O) groups excluding carboxylic acids is 2. The number of nitrogens with zero attached hydrogens (tertiary/aromatic N) is 3. The van der Waals surface area contributed by atoms with Crippen LogP contribution in [0.4, 0.5) is 0 Å². The molecule has 3 aliphatic heterocycles. The van der Waals surface area contributed by atoms with Crippen LogP contribution in [0.25, 0.3) is 0 Å². The molecule has 3 saturated heterocycles. The Bertz CT molecular complexity index is 917. The summed E-state index contributed by atoms with van der Waals surface area (Å²) in [5.74, 6) is 0.585. The van der Waals surface area contributed by atoms with E-state index < -0.39 is 16.1 Å². The highest BCUT2D eigenvalue weighted by Crippen LogP contribution is 2.47.